The lowest BCUT2D eigenvalue weighted by molar-refractivity contribution is 0.0779. The molecule has 150 valence electrons. The Morgan fingerprint density at radius 1 is 1.38 bits per heavy atom. The van der Waals surface area contributed by atoms with Gasteiger partial charge in [-0.2, -0.15) is 4.37 Å². The highest BCUT2D eigenvalue weighted by atomic mass is 32.1. The Hall–Kier alpha value is -3.00. The predicted molar refractivity (Wildman–Crippen MR) is 110 cm³/mol. The van der Waals surface area contributed by atoms with Gasteiger partial charge in [-0.3, -0.25) is 4.79 Å². The van der Waals surface area contributed by atoms with Crippen LogP contribution in [0.15, 0.2) is 30.5 Å². The van der Waals surface area contributed by atoms with Crippen LogP contribution < -0.4 is 10.5 Å². The number of aromatic nitrogens is 2. The number of aryl methyl sites for hydroxylation is 1. The highest BCUT2D eigenvalue weighted by molar-refractivity contribution is 7.06. The van der Waals surface area contributed by atoms with Gasteiger partial charge in [-0.25, -0.2) is 9.37 Å². The Labute approximate surface area is 172 Å². The van der Waals surface area contributed by atoms with E-state index in [1.165, 1.54) is 29.7 Å². The molecule has 2 bridgehead atoms. The van der Waals surface area contributed by atoms with Crippen LogP contribution in [0.25, 0.3) is 11.1 Å². The molecule has 0 saturated carbocycles. The molecule has 4 rings (SSSR count). The van der Waals surface area contributed by atoms with Gasteiger partial charge < -0.3 is 15.4 Å². The molecule has 1 aliphatic heterocycles. The first kappa shape index (κ1) is 19.3. The predicted octanol–water partition coefficient (Wildman–Crippen LogP) is 4.21. The molecule has 1 aromatic carbocycles. The monoisotopic (exact) mass is 412 g/mol. The fraction of sp³-hybridized carbons (Fsp3) is 0.286. The Kier molecular flexibility index (Phi) is 4.96. The number of fused-ring (bicyclic) bond motifs is 5. The first-order chi connectivity index (χ1) is 13.9. The first-order valence-corrected chi connectivity index (χ1v) is 10.1. The number of nitrogens with two attached hydrogens (primary N) is 1. The Morgan fingerprint density at radius 2 is 2.17 bits per heavy atom. The number of hydrogen-bond acceptors (Lipinski definition) is 6. The van der Waals surface area contributed by atoms with Gasteiger partial charge in [0.2, 0.25) is 0 Å². The second-order valence-electron chi connectivity index (χ2n) is 7.04. The van der Waals surface area contributed by atoms with Crippen molar-refractivity contribution >= 4 is 23.3 Å². The number of nitrogen functional groups attached to an aromatic ring is 1. The van der Waals surface area contributed by atoms with Crippen molar-refractivity contribution in [2.45, 2.75) is 32.9 Å². The van der Waals surface area contributed by atoms with Crippen molar-refractivity contribution in [3.63, 3.8) is 0 Å². The quantitative estimate of drug-likeness (QED) is 0.647. The molecule has 1 atom stereocenters. The van der Waals surface area contributed by atoms with Crippen molar-refractivity contribution in [2.24, 2.45) is 0 Å². The molecule has 6 nitrogen and oxygen atoms in total. The number of ether oxygens (including phenoxy) is 1. The second kappa shape index (κ2) is 7.44. The van der Waals surface area contributed by atoms with Crippen LogP contribution in [-0.2, 0) is 13.0 Å². The molecule has 0 saturated heterocycles. The lowest BCUT2D eigenvalue weighted by Crippen LogP contribution is -2.28. The van der Waals surface area contributed by atoms with E-state index in [1.54, 1.807) is 25.1 Å². The molecule has 1 unspecified atom stereocenters. The first-order valence-electron chi connectivity index (χ1n) is 9.34. The summed E-state index contributed by atoms with van der Waals surface area (Å²) in [5, 5.41) is 0. The minimum atomic E-state index is -0.595. The molecule has 0 fully saturated rings. The van der Waals surface area contributed by atoms with Gasteiger partial charge in [0.1, 0.15) is 11.9 Å². The molecule has 0 radical (unpaired) electrons. The maximum absolute atomic E-state index is 14.0. The molecular weight excluding hydrogens is 391 g/mol. The molecule has 0 aliphatic carbocycles. The average Bonchev–Trinajstić information content (AvgIpc) is 3.10. The number of hydrogen-bond donors (Lipinski definition) is 1. The van der Waals surface area contributed by atoms with Gasteiger partial charge in [-0.1, -0.05) is 6.92 Å². The summed E-state index contributed by atoms with van der Waals surface area (Å²) in [6.45, 7) is 4.16. The van der Waals surface area contributed by atoms with Gasteiger partial charge in [-0.05, 0) is 49.1 Å². The number of carbonyl (C=O) groups excluding carboxylic acids is 1. The van der Waals surface area contributed by atoms with Crippen LogP contribution in [0.1, 0.15) is 46.4 Å². The van der Waals surface area contributed by atoms with Crippen LogP contribution in [0.4, 0.5) is 10.2 Å². The molecule has 3 aromatic rings. The lowest BCUT2D eigenvalue weighted by Gasteiger charge is -2.24. The maximum Gasteiger partial charge on any atom is 0.254 e. The standard InChI is InChI=1S/C21H21FN4O2S/c1-4-18-19-12-7-17(20(23)24-9-12)28-11(2)15-8-13(22)5-6-14(15)21(27)26(3)10-16(19)25-29-18/h5-9,11H,4,10H2,1-3H3,(H2,23,24). The van der Waals surface area contributed by atoms with E-state index >= 15 is 0 Å². The van der Waals surface area contributed by atoms with Gasteiger partial charge in [0.25, 0.3) is 5.91 Å². The average molecular weight is 412 g/mol. The van der Waals surface area contributed by atoms with Gasteiger partial charge in [0.05, 0.1) is 12.2 Å². The van der Waals surface area contributed by atoms with Crippen LogP contribution in [0, 0.1) is 5.82 Å². The van der Waals surface area contributed by atoms with E-state index in [0.29, 0.717) is 23.4 Å². The number of pyridine rings is 1. The summed E-state index contributed by atoms with van der Waals surface area (Å²) in [4.78, 5) is 20.1. The van der Waals surface area contributed by atoms with E-state index in [9.17, 15) is 9.18 Å². The second-order valence-corrected chi connectivity index (χ2v) is 7.90. The SMILES string of the molecule is CCc1snc2c1-c1cnc(N)c(c1)OC(C)c1cc(F)ccc1C(=O)N(C)C2. The third kappa shape index (κ3) is 3.44. The molecule has 3 heterocycles. The fourth-order valence-electron chi connectivity index (χ4n) is 3.55. The number of halogens is 1. The normalized spacial score (nSPS) is 16.3. The minimum absolute atomic E-state index is 0.220. The van der Waals surface area contributed by atoms with Gasteiger partial charge >= 0.3 is 0 Å². The number of anilines is 1. The molecule has 8 heteroatoms. The molecule has 2 N–H and O–H groups in total. The molecule has 0 spiro atoms. The van der Waals surface area contributed by atoms with Gasteiger partial charge in [0, 0.05) is 40.4 Å². The molecular formula is C21H21FN4O2S. The van der Waals surface area contributed by atoms with E-state index < -0.39 is 11.9 Å². The van der Waals surface area contributed by atoms with Crippen molar-refractivity contribution in [3.05, 3.63) is 58.0 Å². The summed E-state index contributed by atoms with van der Waals surface area (Å²) in [6.07, 6.45) is 1.91. The van der Waals surface area contributed by atoms with Gasteiger partial charge in [-0.15, -0.1) is 0 Å². The number of amides is 1. The number of carbonyl (C=O) groups is 1. The Morgan fingerprint density at radius 3 is 2.93 bits per heavy atom. The summed E-state index contributed by atoms with van der Waals surface area (Å²) in [5.74, 6) is -0.0219. The maximum atomic E-state index is 14.0. The van der Waals surface area contributed by atoms with Crippen molar-refractivity contribution in [1.29, 1.82) is 0 Å². The third-order valence-electron chi connectivity index (χ3n) is 5.04. The van der Waals surface area contributed by atoms with E-state index in [0.717, 1.165) is 28.1 Å². The van der Waals surface area contributed by atoms with Crippen LogP contribution in [0.3, 0.4) is 0 Å². The van der Waals surface area contributed by atoms with Crippen LogP contribution in [-0.4, -0.2) is 27.2 Å². The Bertz CT molecular complexity index is 1100. The Balaban J connectivity index is 1.94. The molecule has 1 aliphatic rings. The zero-order valence-corrected chi connectivity index (χ0v) is 17.2. The van der Waals surface area contributed by atoms with Crippen molar-refractivity contribution in [2.75, 3.05) is 12.8 Å². The minimum Gasteiger partial charge on any atom is -0.482 e. The highest BCUT2D eigenvalue weighted by Gasteiger charge is 2.25. The highest BCUT2D eigenvalue weighted by Crippen LogP contribution is 2.37. The van der Waals surface area contributed by atoms with Crippen molar-refractivity contribution in [1.82, 2.24) is 14.3 Å². The smallest absolute Gasteiger partial charge is 0.254 e. The number of rotatable bonds is 1. The zero-order valence-electron chi connectivity index (χ0n) is 16.4. The van der Waals surface area contributed by atoms with Crippen LogP contribution in [0.5, 0.6) is 5.75 Å². The topological polar surface area (TPSA) is 81.3 Å². The summed E-state index contributed by atoms with van der Waals surface area (Å²) in [5.41, 5.74) is 9.47. The zero-order chi connectivity index (χ0) is 20.7. The summed E-state index contributed by atoms with van der Waals surface area (Å²) < 4.78 is 24.6. The summed E-state index contributed by atoms with van der Waals surface area (Å²) >= 11 is 1.42. The van der Waals surface area contributed by atoms with Crippen molar-refractivity contribution in [3.8, 4) is 16.9 Å². The van der Waals surface area contributed by atoms with Gasteiger partial charge in [0.15, 0.2) is 11.6 Å². The molecule has 2 aromatic heterocycles. The van der Waals surface area contributed by atoms with Crippen LogP contribution in [0.2, 0.25) is 0 Å². The number of nitrogens with zero attached hydrogens (tertiary/aromatic N) is 3. The van der Waals surface area contributed by atoms with Crippen molar-refractivity contribution < 1.29 is 13.9 Å². The molecule has 1 amide bonds. The lowest BCUT2D eigenvalue weighted by atomic mass is 10.00. The largest absolute Gasteiger partial charge is 0.482 e. The summed E-state index contributed by atoms with van der Waals surface area (Å²) in [7, 11) is 1.72. The van der Waals surface area contributed by atoms with Crippen LogP contribution >= 0.6 is 11.5 Å². The van der Waals surface area contributed by atoms with E-state index in [2.05, 4.69) is 16.3 Å². The fourth-order valence-corrected chi connectivity index (χ4v) is 4.37. The summed E-state index contributed by atoms with van der Waals surface area (Å²) in [6, 6.07) is 5.94. The van der Waals surface area contributed by atoms with E-state index in [1.807, 2.05) is 6.07 Å². The van der Waals surface area contributed by atoms with E-state index in [4.69, 9.17) is 10.5 Å². The van der Waals surface area contributed by atoms with E-state index in [-0.39, 0.29) is 11.7 Å². The number of benzene rings is 1. The third-order valence-corrected chi connectivity index (χ3v) is 6.07. The molecule has 29 heavy (non-hydrogen) atoms.